The second-order valence-corrected chi connectivity index (χ2v) is 3.08. The molecular formula is C9H21NO. The third-order valence-corrected chi connectivity index (χ3v) is 1.93. The molecule has 0 aliphatic carbocycles. The highest BCUT2D eigenvalue weighted by atomic mass is 16.5. The lowest BCUT2D eigenvalue weighted by Gasteiger charge is -2.01. The van der Waals surface area contributed by atoms with Gasteiger partial charge in [0.1, 0.15) is 0 Å². The van der Waals surface area contributed by atoms with Crippen LogP contribution < -0.4 is 5.48 Å². The van der Waals surface area contributed by atoms with E-state index in [4.69, 9.17) is 0 Å². The average Bonchev–Trinajstić information content (AvgIpc) is 2.03. The minimum absolute atomic E-state index is 0.758. The summed E-state index contributed by atoms with van der Waals surface area (Å²) < 4.78 is 0. The topological polar surface area (TPSA) is 39.7 Å². The summed E-state index contributed by atoms with van der Waals surface area (Å²) in [5.41, 5.74) is 1.02. The monoisotopic (exact) mass is 159 g/mol. The molecule has 0 saturated carbocycles. The number of hydrogen-bond donors (Lipinski definition) is 1. The predicted octanol–water partition coefficient (Wildman–Crippen LogP) is 1.80. The normalized spacial score (nSPS) is 10.4. The minimum atomic E-state index is 0.758. The van der Waals surface area contributed by atoms with Gasteiger partial charge in [-0.05, 0) is 12.8 Å². The second-order valence-electron chi connectivity index (χ2n) is 3.08. The van der Waals surface area contributed by atoms with Crippen LogP contribution in [-0.4, -0.2) is 6.54 Å². The third-order valence-electron chi connectivity index (χ3n) is 1.93. The molecule has 0 rings (SSSR count). The van der Waals surface area contributed by atoms with Gasteiger partial charge in [0.05, 0.1) is 6.54 Å². The molecule has 0 amide bonds. The van der Waals surface area contributed by atoms with Gasteiger partial charge in [-0.15, -0.1) is 0 Å². The second kappa shape index (κ2) is 9.92. The predicted molar refractivity (Wildman–Crippen MR) is 48.2 cm³/mol. The summed E-state index contributed by atoms with van der Waals surface area (Å²) in [6.07, 6.45) is 9.05. The van der Waals surface area contributed by atoms with Gasteiger partial charge in [0, 0.05) is 0 Å². The fourth-order valence-corrected chi connectivity index (χ4v) is 1.18. The van der Waals surface area contributed by atoms with Crippen molar-refractivity contribution in [3.63, 3.8) is 0 Å². The number of nitrogens with two attached hydrogens (primary N) is 1. The molecule has 0 aromatic carbocycles. The first-order valence-corrected chi connectivity index (χ1v) is 4.85. The highest BCUT2D eigenvalue weighted by Crippen LogP contribution is 2.05. The Kier molecular flexibility index (Phi) is 9.85. The van der Waals surface area contributed by atoms with E-state index >= 15 is 0 Å². The van der Waals surface area contributed by atoms with Crippen LogP contribution in [0.2, 0.25) is 0 Å². The number of hydroxylamine groups is 1. The van der Waals surface area contributed by atoms with E-state index in [9.17, 15) is 5.21 Å². The van der Waals surface area contributed by atoms with Crippen molar-refractivity contribution in [2.45, 2.75) is 51.9 Å². The van der Waals surface area contributed by atoms with Crippen molar-refractivity contribution in [3.8, 4) is 0 Å². The summed E-state index contributed by atoms with van der Waals surface area (Å²) >= 11 is 0. The molecule has 0 spiro atoms. The van der Waals surface area contributed by atoms with Crippen LogP contribution in [0.4, 0.5) is 0 Å². The fraction of sp³-hybridized carbons (Fsp3) is 1.00. The van der Waals surface area contributed by atoms with Gasteiger partial charge in [0.15, 0.2) is 0 Å². The maximum Gasteiger partial charge on any atom is 0.0752 e. The van der Waals surface area contributed by atoms with E-state index in [2.05, 4.69) is 6.92 Å². The van der Waals surface area contributed by atoms with E-state index < -0.39 is 0 Å². The lowest BCUT2D eigenvalue weighted by atomic mass is 10.1. The zero-order valence-electron chi connectivity index (χ0n) is 7.64. The Hall–Kier alpha value is -0.0800. The van der Waals surface area contributed by atoms with Crippen LogP contribution in [0.15, 0.2) is 0 Å². The fourth-order valence-electron chi connectivity index (χ4n) is 1.18. The Balaban J connectivity index is 2.69. The first-order chi connectivity index (χ1) is 5.41. The van der Waals surface area contributed by atoms with E-state index in [0.29, 0.717) is 0 Å². The van der Waals surface area contributed by atoms with Crippen molar-refractivity contribution in [1.29, 1.82) is 0 Å². The molecule has 0 bridgehead atoms. The zero-order valence-corrected chi connectivity index (χ0v) is 7.64. The van der Waals surface area contributed by atoms with Crippen molar-refractivity contribution >= 4 is 0 Å². The van der Waals surface area contributed by atoms with Gasteiger partial charge in [0.2, 0.25) is 0 Å². The molecule has 0 unspecified atom stereocenters. The smallest absolute Gasteiger partial charge is 0.0752 e. The Morgan fingerprint density at radius 2 is 1.45 bits per heavy atom. The number of rotatable bonds is 8. The Labute approximate surface area is 70.0 Å². The summed E-state index contributed by atoms with van der Waals surface area (Å²) in [5.74, 6) is 0. The Morgan fingerprint density at radius 1 is 0.909 bits per heavy atom. The van der Waals surface area contributed by atoms with Crippen LogP contribution in [0.5, 0.6) is 0 Å². The molecule has 0 fully saturated rings. The Morgan fingerprint density at radius 3 is 2.00 bits per heavy atom. The molecule has 0 atom stereocenters. The standard InChI is InChI=1S/C9H21NO/c1-2-3-4-5-6-7-8-9-10-11/h2-10H2,1H3. The molecule has 2 heteroatoms. The van der Waals surface area contributed by atoms with Gasteiger partial charge in [-0.25, -0.2) is 0 Å². The molecule has 0 radical (unpaired) electrons. The molecule has 0 aromatic rings. The van der Waals surface area contributed by atoms with Crippen molar-refractivity contribution in [2.24, 2.45) is 0 Å². The quantitative estimate of drug-likeness (QED) is 0.426. The maximum absolute atomic E-state index is 9.94. The highest BCUT2D eigenvalue weighted by molar-refractivity contribution is 4.43. The van der Waals surface area contributed by atoms with E-state index in [1.54, 1.807) is 0 Å². The first kappa shape index (κ1) is 10.9. The van der Waals surface area contributed by atoms with E-state index in [1.165, 1.54) is 38.5 Å². The molecule has 0 aliphatic heterocycles. The van der Waals surface area contributed by atoms with Gasteiger partial charge >= 0.3 is 0 Å². The van der Waals surface area contributed by atoms with Crippen LogP contribution in [0.25, 0.3) is 0 Å². The average molecular weight is 159 g/mol. The van der Waals surface area contributed by atoms with Crippen molar-refractivity contribution in [3.05, 3.63) is 5.21 Å². The van der Waals surface area contributed by atoms with Crippen LogP contribution in [0, 0.1) is 5.21 Å². The molecule has 0 heterocycles. The highest BCUT2D eigenvalue weighted by Gasteiger charge is 1.89. The number of quaternary nitrogens is 1. The van der Waals surface area contributed by atoms with Crippen LogP contribution in [0.3, 0.4) is 0 Å². The van der Waals surface area contributed by atoms with Crippen molar-refractivity contribution in [2.75, 3.05) is 6.54 Å². The lowest BCUT2D eigenvalue weighted by Crippen LogP contribution is -2.77. The zero-order chi connectivity index (χ0) is 8.36. The molecule has 0 aliphatic rings. The summed E-state index contributed by atoms with van der Waals surface area (Å²) in [4.78, 5) is 0. The first-order valence-electron chi connectivity index (χ1n) is 4.85. The molecule has 0 saturated heterocycles. The summed E-state index contributed by atoms with van der Waals surface area (Å²) in [7, 11) is 0. The molecule has 11 heavy (non-hydrogen) atoms. The number of hydrogen-bond acceptors (Lipinski definition) is 1. The van der Waals surface area contributed by atoms with Crippen LogP contribution in [-0.2, 0) is 0 Å². The SMILES string of the molecule is CCCCCCCCC[NH2+][O-]. The van der Waals surface area contributed by atoms with Gasteiger partial charge in [-0.2, -0.15) is 0 Å². The summed E-state index contributed by atoms with van der Waals surface area (Å²) in [5, 5.41) is 9.94. The lowest BCUT2D eigenvalue weighted by molar-refractivity contribution is -0.589. The molecule has 2 N–H and O–H groups in total. The van der Waals surface area contributed by atoms with Gasteiger partial charge in [-0.3, -0.25) is 0 Å². The Bertz CT molecular complexity index is 58.6. The maximum atomic E-state index is 9.94. The summed E-state index contributed by atoms with van der Waals surface area (Å²) in [6.45, 7) is 2.99. The van der Waals surface area contributed by atoms with Gasteiger partial charge < -0.3 is 10.7 Å². The molecule has 0 aromatic heterocycles. The molecule has 68 valence electrons. The minimum Gasteiger partial charge on any atom is -0.636 e. The summed E-state index contributed by atoms with van der Waals surface area (Å²) in [6, 6.07) is 0. The number of unbranched alkanes of at least 4 members (excludes halogenated alkanes) is 6. The van der Waals surface area contributed by atoms with Crippen molar-refractivity contribution in [1.82, 2.24) is 0 Å². The van der Waals surface area contributed by atoms with Gasteiger partial charge in [-0.1, -0.05) is 39.0 Å². The van der Waals surface area contributed by atoms with E-state index in [0.717, 1.165) is 18.4 Å². The van der Waals surface area contributed by atoms with Crippen LogP contribution in [0.1, 0.15) is 51.9 Å². The molecular weight excluding hydrogens is 138 g/mol. The van der Waals surface area contributed by atoms with Gasteiger partial charge in [0.25, 0.3) is 0 Å². The van der Waals surface area contributed by atoms with Crippen LogP contribution >= 0.6 is 0 Å². The molecule has 2 nitrogen and oxygen atoms in total. The third kappa shape index (κ3) is 9.92. The van der Waals surface area contributed by atoms with Crippen molar-refractivity contribution < 1.29 is 5.48 Å². The van der Waals surface area contributed by atoms with E-state index in [1.807, 2.05) is 0 Å². The largest absolute Gasteiger partial charge is 0.636 e. The van der Waals surface area contributed by atoms with E-state index in [-0.39, 0.29) is 0 Å².